The lowest BCUT2D eigenvalue weighted by molar-refractivity contribution is 0.267. The van der Waals surface area contributed by atoms with Gasteiger partial charge in [-0.15, -0.1) is 0 Å². The van der Waals surface area contributed by atoms with Crippen LogP contribution in [0.4, 0.5) is 0 Å². The van der Waals surface area contributed by atoms with E-state index in [1.807, 2.05) is 0 Å². The molecule has 0 radical (unpaired) electrons. The molecule has 0 fully saturated rings. The number of allylic oxidation sites excluding steroid dienone is 4. The summed E-state index contributed by atoms with van der Waals surface area (Å²) >= 11 is 0. The molecule has 0 aliphatic heterocycles. The topological polar surface area (TPSA) is 9.23 Å². The average molecular weight is 603 g/mol. The molecule has 256 valence electrons. The van der Waals surface area contributed by atoms with E-state index in [2.05, 4.69) is 39.8 Å². The van der Waals surface area contributed by atoms with Crippen LogP contribution in [0.1, 0.15) is 246 Å². The van der Waals surface area contributed by atoms with Crippen molar-refractivity contribution < 1.29 is 4.74 Å². The van der Waals surface area contributed by atoms with Crippen molar-refractivity contribution in [1.82, 2.24) is 0 Å². The first-order valence-electron chi connectivity index (χ1n) is 20.3. The number of hydrogen-bond donors (Lipinski definition) is 0. The maximum absolute atomic E-state index is 6.49. The highest BCUT2D eigenvalue weighted by atomic mass is 16.5. The fourth-order valence-corrected chi connectivity index (χ4v) is 6.35. The van der Waals surface area contributed by atoms with Crippen molar-refractivity contribution in [3.05, 3.63) is 23.7 Å². The zero-order chi connectivity index (χ0) is 31.3. The van der Waals surface area contributed by atoms with Crippen LogP contribution in [0.3, 0.4) is 0 Å². The minimum atomic E-state index is 1.08. The van der Waals surface area contributed by atoms with Crippen molar-refractivity contribution in [1.29, 1.82) is 0 Å². The lowest BCUT2D eigenvalue weighted by Gasteiger charge is -2.14. The molecule has 1 nitrogen and oxygen atoms in total. The van der Waals surface area contributed by atoms with Gasteiger partial charge >= 0.3 is 0 Å². The Morgan fingerprint density at radius 1 is 0.302 bits per heavy atom. The van der Waals surface area contributed by atoms with E-state index in [0.29, 0.717) is 0 Å². The molecular formula is C42H82O. The molecule has 0 rings (SSSR count). The predicted molar refractivity (Wildman–Crippen MR) is 197 cm³/mol. The lowest BCUT2D eigenvalue weighted by atomic mass is 10.0. The largest absolute Gasteiger partial charge is 0.467 e. The molecule has 43 heavy (non-hydrogen) atoms. The third-order valence-electron chi connectivity index (χ3n) is 9.18. The van der Waals surface area contributed by atoms with Crippen LogP contribution < -0.4 is 0 Å². The second-order valence-corrected chi connectivity index (χ2v) is 13.7. The minimum Gasteiger partial charge on any atom is -0.467 e. The summed E-state index contributed by atoms with van der Waals surface area (Å²) in [7, 11) is 0. The Bertz CT molecular complexity index is 523. The van der Waals surface area contributed by atoms with E-state index in [9.17, 15) is 0 Å². The quantitative estimate of drug-likeness (QED) is 0.0512. The van der Waals surface area contributed by atoms with Gasteiger partial charge in [0.25, 0.3) is 0 Å². The average Bonchev–Trinajstić information content (AvgIpc) is 3.01. The second-order valence-electron chi connectivity index (χ2n) is 13.7. The molecule has 0 atom stereocenters. The van der Waals surface area contributed by atoms with E-state index in [4.69, 9.17) is 4.74 Å². The first kappa shape index (κ1) is 42.3. The Morgan fingerprint density at radius 3 is 0.721 bits per heavy atom. The summed E-state index contributed by atoms with van der Waals surface area (Å²) in [6.07, 6.45) is 51.8. The SMILES string of the molecule is CCC=C(CCCCCCCCCCCCCCCCC)OC(=CCC)CCCCCCCCCCCCCCCCC. The molecule has 0 aromatic heterocycles. The minimum absolute atomic E-state index is 1.08. The van der Waals surface area contributed by atoms with E-state index in [0.717, 1.165) is 25.7 Å². The van der Waals surface area contributed by atoms with Gasteiger partial charge in [0.1, 0.15) is 0 Å². The summed E-state index contributed by atoms with van der Waals surface area (Å²) in [6.45, 7) is 9.10. The summed E-state index contributed by atoms with van der Waals surface area (Å²) in [4.78, 5) is 0. The summed E-state index contributed by atoms with van der Waals surface area (Å²) in [5, 5.41) is 0. The molecule has 0 saturated carbocycles. The zero-order valence-corrected chi connectivity index (χ0v) is 30.6. The first-order valence-corrected chi connectivity index (χ1v) is 20.3. The molecule has 0 amide bonds. The molecule has 0 heterocycles. The smallest absolute Gasteiger partial charge is 0.0996 e. The highest BCUT2D eigenvalue weighted by Crippen LogP contribution is 2.22. The third-order valence-corrected chi connectivity index (χ3v) is 9.18. The number of rotatable bonds is 36. The van der Waals surface area contributed by atoms with Crippen LogP contribution in [0.25, 0.3) is 0 Å². The van der Waals surface area contributed by atoms with Crippen molar-refractivity contribution in [3.63, 3.8) is 0 Å². The van der Waals surface area contributed by atoms with Gasteiger partial charge in [0.15, 0.2) is 0 Å². The van der Waals surface area contributed by atoms with Crippen LogP contribution in [0, 0.1) is 0 Å². The molecule has 0 N–H and O–H groups in total. The first-order chi connectivity index (χ1) is 21.3. The Labute approximate surface area is 273 Å². The van der Waals surface area contributed by atoms with E-state index >= 15 is 0 Å². The zero-order valence-electron chi connectivity index (χ0n) is 30.6. The number of ether oxygens (including phenoxy) is 1. The van der Waals surface area contributed by atoms with E-state index in [1.165, 1.54) is 204 Å². The Morgan fingerprint density at radius 2 is 0.512 bits per heavy atom. The van der Waals surface area contributed by atoms with Gasteiger partial charge in [-0.3, -0.25) is 0 Å². The van der Waals surface area contributed by atoms with Crippen molar-refractivity contribution >= 4 is 0 Å². The fourth-order valence-electron chi connectivity index (χ4n) is 6.35. The molecule has 0 saturated heterocycles. The number of hydrogen-bond acceptors (Lipinski definition) is 1. The van der Waals surface area contributed by atoms with Gasteiger partial charge in [0, 0.05) is 12.8 Å². The lowest BCUT2D eigenvalue weighted by Crippen LogP contribution is -1.96. The molecule has 0 bridgehead atoms. The number of unbranched alkanes of at least 4 members (excludes halogenated alkanes) is 28. The highest BCUT2D eigenvalue weighted by Gasteiger charge is 2.05. The van der Waals surface area contributed by atoms with Crippen LogP contribution in [-0.2, 0) is 4.74 Å². The molecule has 0 spiro atoms. The van der Waals surface area contributed by atoms with Crippen LogP contribution in [0.5, 0.6) is 0 Å². The van der Waals surface area contributed by atoms with Gasteiger partial charge in [-0.2, -0.15) is 0 Å². The Kier molecular flexibility index (Phi) is 36.8. The van der Waals surface area contributed by atoms with Crippen molar-refractivity contribution in [2.75, 3.05) is 0 Å². The van der Waals surface area contributed by atoms with Gasteiger partial charge in [0.2, 0.25) is 0 Å². The second kappa shape index (κ2) is 37.5. The van der Waals surface area contributed by atoms with Crippen LogP contribution in [-0.4, -0.2) is 0 Å². The molecule has 0 aromatic rings. The van der Waals surface area contributed by atoms with Gasteiger partial charge in [-0.1, -0.05) is 207 Å². The molecule has 1 heteroatoms. The highest BCUT2D eigenvalue weighted by molar-refractivity contribution is 5.02. The van der Waals surface area contributed by atoms with Crippen LogP contribution in [0.15, 0.2) is 23.7 Å². The van der Waals surface area contributed by atoms with E-state index in [1.54, 1.807) is 0 Å². The van der Waals surface area contributed by atoms with Gasteiger partial charge in [-0.05, 0) is 37.8 Å². The third kappa shape index (κ3) is 34.0. The summed E-state index contributed by atoms with van der Waals surface area (Å²) in [6, 6.07) is 0. The maximum atomic E-state index is 6.49. The van der Waals surface area contributed by atoms with Crippen molar-refractivity contribution in [2.24, 2.45) is 0 Å². The van der Waals surface area contributed by atoms with Crippen molar-refractivity contribution in [3.8, 4) is 0 Å². The molecule has 0 aliphatic rings. The Balaban J connectivity index is 3.76. The van der Waals surface area contributed by atoms with Crippen LogP contribution >= 0.6 is 0 Å². The monoisotopic (exact) mass is 603 g/mol. The Hall–Kier alpha value is -0.720. The van der Waals surface area contributed by atoms with Crippen LogP contribution in [0.2, 0.25) is 0 Å². The maximum Gasteiger partial charge on any atom is 0.0996 e. The fraction of sp³-hybridized carbons (Fsp3) is 0.905. The molecular weight excluding hydrogens is 520 g/mol. The van der Waals surface area contributed by atoms with Gasteiger partial charge in [-0.25, -0.2) is 0 Å². The normalized spacial score (nSPS) is 12.4. The molecule has 0 aliphatic carbocycles. The van der Waals surface area contributed by atoms with Crippen molar-refractivity contribution in [2.45, 2.75) is 246 Å². The summed E-state index contributed by atoms with van der Waals surface area (Å²) in [5.41, 5.74) is 0. The predicted octanol–water partition coefficient (Wildman–Crippen LogP) is 16.1. The summed E-state index contributed by atoms with van der Waals surface area (Å²) in [5.74, 6) is 2.47. The molecule has 0 aromatic carbocycles. The van der Waals surface area contributed by atoms with Gasteiger partial charge in [0.05, 0.1) is 11.5 Å². The van der Waals surface area contributed by atoms with Gasteiger partial charge < -0.3 is 4.74 Å². The van der Waals surface area contributed by atoms with E-state index < -0.39 is 0 Å². The standard InChI is InChI=1S/C42H82O/c1-5-9-11-13-15-17-19-21-23-25-27-29-31-33-35-39-41(37-7-3)43-42(38-8-4)40-36-34-32-30-28-26-24-22-20-18-16-14-12-10-6-2/h37-38H,5-36,39-40H2,1-4H3. The molecule has 0 unspecified atom stereocenters. The summed E-state index contributed by atoms with van der Waals surface area (Å²) < 4.78 is 6.49. The van der Waals surface area contributed by atoms with E-state index in [-0.39, 0.29) is 0 Å².